The summed E-state index contributed by atoms with van der Waals surface area (Å²) in [6.45, 7) is 0.458. The third kappa shape index (κ3) is 3.73. The first-order valence-corrected chi connectivity index (χ1v) is 8.58. The molecule has 3 aromatic heterocycles. The monoisotopic (exact) mass is 376 g/mol. The maximum absolute atomic E-state index is 12.5. The topological polar surface area (TPSA) is 103 Å². The highest BCUT2D eigenvalue weighted by molar-refractivity contribution is 6.01. The highest BCUT2D eigenvalue weighted by Crippen LogP contribution is 2.09. The smallest absolute Gasteiger partial charge is 0.278 e. The summed E-state index contributed by atoms with van der Waals surface area (Å²) >= 11 is 0. The molecule has 0 aliphatic heterocycles. The summed E-state index contributed by atoms with van der Waals surface area (Å²) in [6.07, 6.45) is 1.74. The van der Waals surface area contributed by atoms with E-state index in [9.17, 15) is 9.59 Å². The Kier molecular flexibility index (Phi) is 4.79. The minimum Gasteiger partial charge on any atom is -0.492 e. The first-order valence-electron chi connectivity index (χ1n) is 8.58. The number of para-hydroxylation sites is 1. The van der Waals surface area contributed by atoms with Gasteiger partial charge in [0.1, 0.15) is 18.1 Å². The zero-order chi connectivity index (χ0) is 19.3. The molecule has 0 radical (unpaired) electrons. The standard InChI is InChI=1S/C19H16N6O3/c26-17-10-9-15(23-25(17)12-13-28-14-6-2-1-3-7-14)18(27)20-19-22-21-16-8-4-5-11-24(16)19/h1-11H,12-13H2,(H,20,22,27). The van der Waals surface area contributed by atoms with Gasteiger partial charge in [0.15, 0.2) is 5.65 Å². The fourth-order valence-corrected chi connectivity index (χ4v) is 2.59. The van der Waals surface area contributed by atoms with Gasteiger partial charge in [-0.15, -0.1) is 10.2 Å². The Hall–Kier alpha value is -4.01. The third-order valence-electron chi connectivity index (χ3n) is 3.95. The van der Waals surface area contributed by atoms with E-state index in [1.54, 1.807) is 22.7 Å². The molecule has 1 amide bonds. The van der Waals surface area contributed by atoms with Gasteiger partial charge in [-0.3, -0.25) is 19.3 Å². The number of hydrogen-bond donors (Lipinski definition) is 1. The van der Waals surface area contributed by atoms with E-state index >= 15 is 0 Å². The molecule has 0 bridgehead atoms. The highest BCUT2D eigenvalue weighted by atomic mass is 16.5. The van der Waals surface area contributed by atoms with Gasteiger partial charge in [-0.1, -0.05) is 24.3 Å². The number of carbonyl (C=O) groups is 1. The zero-order valence-corrected chi connectivity index (χ0v) is 14.7. The van der Waals surface area contributed by atoms with Crippen molar-refractivity contribution in [2.24, 2.45) is 0 Å². The number of nitrogens with zero attached hydrogens (tertiary/aromatic N) is 5. The van der Waals surface area contributed by atoms with Gasteiger partial charge in [0, 0.05) is 12.3 Å². The Balaban J connectivity index is 1.46. The van der Waals surface area contributed by atoms with Crippen molar-refractivity contribution in [2.75, 3.05) is 11.9 Å². The molecule has 0 spiro atoms. The van der Waals surface area contributed by atoms with E-state index < -0.39 is 5.91 Å². The molecule has 1 aromatic carbocycles. The van der Waals surface area contributed by atoms with Crippen LogP contribution in [0.25, 0.3) is 5.65 Å². The van der Waals surface area contributed by atoms with Crippen LogP contribution in [0.1, 0.15) is 10.5 Å². The lowest BCUT2D eigenvalue weighted by Gasteiger charge is -2.09. The predicted octanol–water partition coefficient (Wildman–Crippen LogP) is 1.62. The molecule has 0 unspecified atom stereocenters. The van der Waals surface area contributed by atoms with Crippen LogP contribution in [0.15, 0.2) is 71.7 Å². The van der Waals surface area contributed by atoms with Crippen molar-refractivity contribution in [1.29, 1.82) is 0 Å². The summed E-state index contributed by atoms with van der Waals surface area (Å²) < 4.78 is 8.41. The van der Waals surface area contributed by atoms with Crippen molar-refractivity contribution in [3.05, 3.63) is 82.9 Å². The predicted molar refractivity (Wildman–Crippen MR) is 101 cm³/mol. The van der Waals surface area contributed by atoms with Gasteiger partial charge in [-0.2, -0.15) is 5.10 Å². The number of aromatic nitrogens is 5. The van der Waals surface area contributed by atoms with Gasteiger partial charge in [0.25, 0.3) is 11.5 Å². The summed E-state index contributed by atoms with van der Waals surface area (Å²) in [6, 6.07) is 17.3. The molecular weight excluding hydrogens is 360 g/mol. The Labute approximate surface area is 159 Å². The quantitative estimate of drug-likeness (QED) is 0.548. The molecule has 1 N–H and O–H groups in total. The molecule has 4 aromatic rings. The number of amides is 1. The lowest BCUT2D eigenvalue weighted by Crippen LogP contribution is -2.28. The Morgan fingerprint density at radius 2 is 1.82 bits per heavy atom. The van der Waals surface area contributed by atoms with E-state index in [4.69, 9.17) is 4.74 Å². The van der Waals surface area contributed by atoms with Crippen molar-refractivity contribution in [3.63, 3.8) is 0 Å². The Morgan fingerprint density at radius 3 is 2.68 bits per heavy atom. The molecule has 9 heteroatoms. The molecule has 0 aliphatic rings. The van der Waals surface area contributed by atoms with Crippen LogP contribution in [0.5, 0.6) is 5.75 Å². The lowest BCUT2D eigenvalue weighted by atomic mass is 10.3. The summed E-state index contributed by atoms with van der Waals surface area (Å²) in [5, 5.41) is 14.7. The van der Waals surface area contributed by atoms with E-state index in [0.29, 0.717) is 11.4 Å². The molecule has 140 valence electrons. The van der Waals surface area contributed by atoms with Gasteiger partial charge in [0.2, 0.25) is 5.95 Å². The number of ether oxygens (including phenoxy) is 1. The molecule has 28 heavy (non-hydrogen) atoms. The summed E-state index contributed by atoms with van der Waals surface area (Å²) in [4.78, 5) is 24.5. The number of benzene rings is 1. The molecular formula is C19H16N6O3. The second kappa shape index (κ2) is 7.70. The van der Waals surface area contributed by atoms with Crippen molar-refractivity contribution in [3.8, 4) is 5.75 Å². The van der Waals surface area contributed by atoms with E-state index in [0.717, 1.165) is 0 Å². The number of nitrogens with one attached hydrogen (secondary N) is 1. The van der Waals surface area contributed by atoms with E-state index in [1.807, 2.05) is 36.4 Å². The van der Waals surface area contributed by atoms with E-state index in [2.05, 4.69) is 20.6 Å². The number of fused-ring (bicyclic) bond motifs is 1. The Bertz CT molecular complexity index is 1170. The van der Waals surface area contributed by atoms with Crippen LogP contribution in [-0.2, 0) is 6.54 Å². The van der Waals surface area contributed by atoms with Gasteiger partial charge < -0.3 is 4.74 Å². The van der Waals surface area contributed by atoms with Crippen LogP contribution < -0.4 is 15.6 Å². The van der Waals surface area contributed by atoms with Gasteiger partial charge in [-0.05, 0) is 30.3 Å². The average Bonchev–Trinajstić information content (AvgIpc) is 3.13. The van der Waals surface area contributed by atoms with Gasteiger partial charge in [-0.25, -0.2) is 4.68 Å². The summed E-state index contributed by atoms with van der Waals surface area (Å²) in [5.74, 6) is 0.478. The molecule has 0 aliphatic carbocycles. The molecule has 0 atom stereocenters. The fourth-order valence-electron chi connectivity index (χ4n) is 2.59. The zero-order valence-electron chi connectivity index (χ0n) is 14.7. The normalized spacial score (nSPS) is 10.7. The van der Waals surface area contributed by atoms with Crippen molar-refractivity contribution < 1.29 is 9.53 Å². The molecule has 3 heterocycles. The molecule has 4 rings (SSSR count). The molecule has 0 fully saturated rings. The maximum Gasteiger partial charge on any atom is 0.278 e. The maximum atomic E-state index is 12.5. The summed E-state index contributed by atoms with van der Waals surface area (Å²) in [7, 11) is 0. The number of hydrogen-bond acceptors (Lipinski definition) is 6. The largest absolute Gasteiger partial charge is 0.492 e. The third-order valence-corrected chi connectivity index (χ3v) is 3.95. The van der Waals surface area contributed by atoms with Gasteiger partial charge >= 0.3 is 0 Å². The summed E-state index contributed by atoms with van der Waals surface area (Å²) in [5.41, 5.74) is 0.377. The number of rotatable bonds is 6. The highest BCUT2D eigenvalue weighted by Gasteiger charge is 2.13. The number of pyridine rings is 1. The number of anilines is 1. The second-order valence-electron chi connectivity index (χ2n) is 5.85. The molecule has 9 nitrogen and oxygen atoms in total. The van der Waals surface area contributed by atoms with Crippen LogP contribution in [0.3, 0.4) is 0 Å². The minimum absolute atomic E-state index is 0.0898. The first kappa shape index (κ1) is 17.4. The van der Waals surface area contributed by atoms with E-state index in [-0.39, 0.29) is 30.4 Å². The number of carbonyl (C=O) groups excluding carboxylic acids is 1. The van der Waals surface area contributed by atoms with E-state index in [1.165, 1.54) is 16.8 Å². The van der Waals surface area contributed by atoms with Crippen LogP contribution in [-0.4, -0.2) is 36.9 Å². The van der Waals surface area contributed by atoms with Gasteiger partial charge in [0.05, 0.1) is 6.54 Å². The van der Waals surface area contributed by atoms with Crippen LogP contribution >= 0.6 is 0 Å². The second-order valence-corrected chi connectivity index (χ2v) is 5.85. The van der Waals surface area contributed by atoms with Crippen molar-refractivity contribution >= 4 is 17.5 Å². The first-order chi connectivity index (χ1) is 13.7. The SMILES string of the molecule is O=C(Nc1nnc2ccccn12)c1ccc(=O)n(CCOc2ccccc2)n1. The molecule has 0 saturated heterocycles. The Morgan fingerprint density at radius 1 is 1.00 bits per heavy atom. The fraction of sp³-hybridized carbons (Fsp3) is 0.105. The molecule has 0 saturated carbocycles. The van der Waals surface area contributed by atoms with Crippen LogP contribution in [0, 0.1) is 0 Å². The van der Waals surface area contributed by atoms with Crippen molar-refractivity contribution in [2.45, 2.75) is 6.54 Å². The van der Waals surface area contributed by atoms with Crippen LogP contribution in [0.4, 0.5) is 5.95 Å². The average molecular weight is 376 g/mol. The lowest BCUT2D eigenvalue weighted by molar-refractivity contribution is 0.101. The van der Waals surface area contributed by atoms with Crippen molar-refractivity contribution in [1.82, 2.24) is 24.4 Å². The van der Waals surface area contributed by atoms with Crippen LogP contribution in [0.2, 0.25) is 0 Å². The minimum atomic E-state index is -0.490.